The van der Waals surface area contributed by atoms with E-state index in [4.69, 9.17) is 5.73 Å². The highest BCUT2D eigenvalue weighted by molar-refractivity contribution is 7.93. The van der Waals surface area contributed by atoms with Crippen molar-refractivity contribution in [2.75, 3.05) is 24.4 Å². The maximum atomic E-state index is 11.9. The summed E-state index contributed by atoms with van der Waals surface area (Å²) < 4.78 is 27.9. The van der Waals surface area contributed by atoms with E-state index in [1.54, 1.807) is 23.9 Å². The zero-order valence-electron chi connectivity index (χ0n) is 9.63. The summed E-state index contributed by atoms with van der Waals surface area (Å²) in [5, 5.41) is 6.62. The van der Waals surface area contributed by atoms with Crippen molar-refractivity contribution < 1.29 is 8.42 Å². The zero-order valence-corrected chi connectivity index (χ0v) is 10.4. The molecule has 96 valence electrons. The van der Waals surface area contributed by atoms with Gasteiger partial charge in [0.15, 0.2) is 0 Å². The summed E-state index contributed by atoms with van der Waals surface area (Å²) in [7, 11) is -3.43. The fraction of sp³-hybridized carbons (Fsp3) is 0.667. The molecule has 1 aliphatic rings. The van der Waals surface area contributed by atoms with Crippen LogP contribution in [-0.4, -0.2) is 43.1 Å². The molecule has 8 heteroatoms. The number of nitrogens with zero attached hydrogens (tertiary/aromatic N) is 2. The lowest BCUT2D eigenvalue weighted by Crippen LogP contribution is -2.44. The van der Waals surface area contributed by atoms with E-state index in [-0.39, 0.29) is 12.6 Å². The van der Waals surface area contributed by atoms with Crippen LogP contribution in [0.5, 0.6) is 0 Å². The number of aromatic nitrogens is 2. The standard InChI is InChI=1S/C9H17N5O2S/c1-7(4-10)17(15,16)13-9-2-3-12-14(9)8-5-11-6-8/h2-3,7-8,11,13H,4-6,10H2,1H3. The summed E-state index contributed by atoms with van der Waals surface area (Å²) in [4.78, 5) is 0. The van der Waals surface area contributed by atoms with Gasteiger partial charge in [0.25, 0.3) is 0 Å². The Morgan fingerprint density at radius 2 is 2.41 bits per heavy atom. The Balaban J connectivity index is 2.16. The van der Waals surface area contributed by atoms with Crippen molar-refractivity contribution in [2.24, 2.45) is 5.73 Å². The third-order valence-electron chi connectivity index (χ3n) is 2.88. The first-order valence-electron chi connectivity index (χ1n) is 5.50. The predicted molar refractivity (Wildman–Crippen MR) is 65.2 cm³/mol. The lowest BCUT2D eigenvalue weighted by molar-refractivity contribution is 0.322. The van der Waals surface area contributed by atoms with Crippen molar-refractivity contribution in [3.63, 3.8) is 0 Å². The summed E-state index contributed by atoms with van der Waals surface area (Å²) in [6, 6.07) is 1.87. The Bertz CT molecular complexity index is 479. The highest BCUT2D eigenvalue weighted by Gasteiger charge is 2.25. The summed E-state index contributed by atoms with van der Waals surface area (Å²) in [5.74, 6) is 0.497. The molecular weight excluding hydrogens is 242 g/mol. The van der Waals surface area contributed by atoms with Gasteiger partial charge in [-0.3, -0.25) is 4.72 Å². The molecule has 2 heterocycles. The molecule has 1 atom stereocenters. The van der Waals surface area contributed by atoms with Gasteiger partial charge in [-0.05, 0) is 6.92 Å². The number of anilines is 1. The minimum absolute atomic E-state index is 0.0917. The van der Waals surface area contributed by atoms with Gasteiger partial charge in [-0.1, -0.05) is 0 Å². The SMILES string of the molecule is CC(CN)S(=O)(=O)Nc1ccnn1C1CNC1. The van der Waals surface area contributed by atoms with Crippen LogP contribution in [0.2, 0.25) is 0 Å². The average Bonchev–Trinajstić information content (AvgIpc) is 2.62. The largest absolute Gasteiger partial charge is 0.329 e. The van der Waals surface area contributed by atoms with E-state index >= 15 is 0 Å². The minimum atomic E-state index is -3.43. The zero-order chi connectivity index (χ0) is 12.5. The molecular formula is C9H17N5O2S. The van der Waals surface area contributed by atoms with E-state index < -0.39 is 15.3 Å². The van der Waals surface area contributed by atoms with E-state index in [9.17, 15) is 8.42 Å². The molecule has 2 rings (SSSR count). The van der Waals surface area contributed by atoms with Gasteiger partial charge in [-0.25, -0.2) is 13.1 Å². The molecule has 0 bridgehead atoms. The van der Waals surface area contributed by atoms with Gasteiger partial charge in [0.1, 0.15) is 5.82 Å². The molecule has 17 heavy (non-hydrogen) atoms. The molecule has 1 aliphatic heterocycles. The fourth-order valence-electron chi connectivity index (χ4n) is 1.51. The summed E-state index contributed by atoms with van der Waals surface area (Å²) in [5.41, 5.74) is 5.37. The number of nitrogens with one attached hydrogen (secondary N) is 2. The van der Waals surface area contributed by atoms with Gasteiger partial charge in [0, 0.05) is 25.7 Å². The lowest BCUT2D eigenvalue weighted by Gasteiger charge is -2.29. The highest BCUT2D eigenvalue weighted by Crippen LogP contribution is 2.19. The van der Waals surface area contributed by atoms with Crippen LogP contribution in [0, 0.1) is 0 Å². The van der Waals surface area contributed by atoms with Gasteiger partial charge >= 0.3 is 0 Å². The summed E-state index contributed by atoms with van der Waals surface area (Å²) in [6.45, 7) is 3.29. The van der Waals surface area contributed by atoms with Gasteiger partial charge in [0.2, 0.25) is 10.0 Å². The maximum Gasteiger partial charge on any atom is 0.237 e. The first-order valence-corrected chi connectivity index (χ1v) is 7.05. The molecule has 7 nitrogen and oxygen atoms in total. The van der Waals surface area contributed by atoms with Crippen molar-refractivity contribution in [3.8, 4) is 0 Å². The summed E-state index contributed by atoms with van der Waals surface area (Å²) >= 11 is 0. The van der Waals surface area contributed by atoms with E-state index in [1.807, 2.05) is 0 Å². The molecule has 1 aromatic heterocycles. The Morgan fingerprint density at radius 3 is 2.94 bits per heavy atom. The molecule has 1 aromatic rings. The van der Waals surface area contributed by atoms with E-state index in [2.05, 4.69) is 15.1 Å². The quantitative estimate of drug-likeness (QED) is 0.637. The maximum absolute atomic E-state index is 11.9. The first kappa shape index (κ1) is 12.3. The molecule has 0 aliphatic carbocycles. The lowest BCUT2D eigenvalue weighted by atomic mass is 10.2. The Hall–Kier alpha value is -1.12. The Morgan fingerprint density at radius 1 is 1.71 bits per heavy atom. The molecule has 0 amide bonds. The van der Waals surface area contributed by atoms with Crippen LogP contribution < -0.4 is 15.8 Å². The van der Waals surface area contributed by atoms with Crippen molar-refractivity contribution in [2.45, 2.75) is 18.2 Å². The molecule has 0 aromatic carbocycles. The van der Waals surface area contributed by atoms with Crippen LogP contribution in [-0.2, 0) is 10.0 Å². The molecule has 1 fully saturated rings. The number of sulfonamides is 1. The minimum Gasteiger partial charge on any atom is -0.329 e. The molecule has 4 N–H and O–H groups in total. The Kier molecular flexibility index (Phi) is 3.36. The number of rotatable bonds is 5. The van der Waals surface area contributed by atoms with Crippen LogP contribution in [0.15, 0.2) is 12.3 Å². The second-order valence-electron chi connectivity index (χ2n) is 4.17. The number of hydrogen-bond donors (Lipinski definition) is 3. The molecule has 0 radical (unpaired) electrons. The summed E-state index contributed by atoms with van der Waals surface area (Å²) in [6.07, 6.45) is 1.59. The number of hydrogen-bond acceptors (Lipinski definition) is 5. The third kappa shape index (κ3) is 2.43. The van der Waals surface area contributed by atoms with Crippen LogP contribution in [0.3, 0.4) is 0 Å². The van der Waals surface area contributed by atoms with Crippen LogP contribution >= 0.6 is 0 Å². The number of nitrogens with two attached hydrogens (primary N) is 1. The smallest absolute Gasteiger partial charge is 0.237 e. The first-order chi connectivity index (χ1) is 8.04. The van der Waals surface area contributed by atoms with Crippen molar-refractivity contribution in [1.82, 2.24) is 15.1 Å². The van der Waals surface area contributed by atoms with Crippen LogP contribution in [0.4, 0.5) is 5.82 Å². The van der Waals surface area contributed by atoms with Crippen molar-refractivity contribution in [1.29, 1.82) is 0 Å². The topological polar surface area (TPSA) is 102 Å². The van der Waals surface area contributed by atoms with Crippen molar-refractivity contribution in [3.05, 3.63) is 12.3 Å². The molecule has 1 saturated heterocycles. The second-order valence-corrected chi connectivity index (χ2v) is 6.27. The normalized spacial score (nSPS) is 18.7. The van der Waals surface area contributed by atoms with Crippen molar-refractivity contribution >= 4 is 15.8 Å². The third-order valence-corrected chi connectivity index (χ3v) is 4.63. The van der Waals surface area contributed by atoms with Gasteiger partial charge in [-0.2, -0.15) is 5.10 Å². The van der Waals surface area contributed by atoms with E-state index in [0.29, 0.717) is 5.82 Å². The van der Waals surface area contributed by atoms with E-state index in [0.717, 1.165) is 13.1 Å². The average molecular weight is 259 g/mol. The van der Waals surface area contributed by atoms with Gasteiger partial charge < -0.3 is 11.1 Å². The highest BCUT2D eigenvalue weighted by atomic mass is 32.2. The van der Waals surface area contributed by atoms with Gasteiger partial charge in [-0.15, -0.1) is 0 Å². The molecule has 1 unspecified atom stereocenters. The van der Waals surface area contributed by atoms with Gasteiger partial charge in [0.05, 0.1) is 17.5 Å². The fourth-order valence-corrected chi connectivity index (χ4v) is 2.41. The molecule has 0 saturated carbocycles. The van der Waals surface area contributed by atoms with E-state index in [1.165, 1.54) is 0 Å². The Labute approximate surface area is 100 Å². The monoisotopic (exact) mass is 259 g/mol. The second kappa shape index (κ2) is 4.63. The molecule has 0 spiro atoms. The van der Waals surface area contributed by atoms with Crippen LogP contribution in [0.1, 0.15) is 13.0 Å². The predicted octanol–water partition coefficient (Wildman–Crippen LogP) is -0.884. The van der Waals surface area contributed by atoms with Crippen LogP contribution in [0.25, 0.3) is 0 Å².